The number of allylic oxidation sites excluding steroid dienone is 1. The number of aromatic nitrogens is 2. The van der Waals surface area contributed by atoms with Gasteiger partial charge in [-0.3, -0.25) is 19.6 Å². The standard InChI is InChI=1S/C16H13N3O5/c1-18-12-3-2-9(16(20)11(12)7-17-18)4-10-5-14-15(24-8-23-14)6-13(10)19(21)22/h4-7H,2-3,8H2,1H3/b9-4+. The van der Waals surface area contributed by atoms with Crippen LogP contribution in [-0.2, 0) is 13.5 Å². The van der Waals surface area contributed by atoms with Crippen LogP contribution in [0.4, 0.5) is 5.69 Å². The van der Waals surface area contributed by atoms with Crippen LogP contribution in [0.5, 0.6) is 11.5 Å². The van der Waals surface area contributed by atoms with Crippen LogP contribution in [0.2, 0.25) is 0 Å². The van der Waals surface area contributed by atoms with E-state index in [1.807, 2.05) is 0 Å². The zero-order chi connectivity index (χ0) is 16.8. The fraction of sp³-hybridized carbons (Fsp3) is 0.250. The van der Waals surface area contributed by atoms with Crippen LogP contribution in [-0.4, -0.2) is 27.3 Å². The summed E-state index contributed by atoms with van der Waals surface area (Å²) in [5.74, 6) is 0.641. The molecular weight excluding hydrogens is 314 g/mol. The molecule has 1 aromatic carbocycles. The topological polar surface area (TPSA) is 96.5 Å². The van der Waals surface area contributed by atoms with E-state index in [0.29, 0.717) is 41.0 Å². The van der Waals surface area contributed by atoms with Gasteiger partial charge in [-0.25, -0.2) is 0 Å². The molecule has 0 saturated carbocycles. The van der Waals surface area contributed by atoms with Crippen LogP contribution in [0.25, 0.3) is 6.08 Å². The SMILES string of the molecule is Cn1ncc2c1CC/C(=C\c1cc3c(cc1[N+](=O)[O-])OCO3)C2=O. The van der Waals surface area contributed by atoms with E-state index in [1.165, 1.54) is 6.07 Å². The minimum absolute atomic E-state index is 0.0322. The number of aryl methyl sites for hydroxylation is 1. The van der Waals surface area contributed by atoms with Gasteiger partial charge < -0.3 is 9.47 Å². The Kier molecular flexibility index (Phi) is 3.12. The van der Waals surface area contributed by atoms with Gasteiger partial charge in [-0.1, -0.05) is 0 Å². The molecule has 2 heterocycles. The molecular formula is C16H13N3O5. The van der Waals surface area contributed by atoms with Gasteiger partial charge in [0.2, 0.25) is 6.79 Å². The summed E-state index contributed by atoms with van der Waals surface area (Å²) in [4.78, 5) is 23.4. The Balaban J connectivity index is 1.79. The van der Waals surface area contributed by atoms with Gasteiger partial charge in [-0.2, -0.15) is 5.10 Å². The number of rotatable bonds is 2. The molecule has 8 heteroatoms. The first-order valence-corrected chi connectivity index (χ1v) is 7.39. The molecule has 2 aromatic rings. The van der Waals surface area contributed by atoms with E-state index < -0.39 is 4.92 Å². The van der Waals surface area contributed by atoms with Crippen molar-refractivity contribution in [3.05, 3.63) is 50.8 Å². The molecule has 0 N–H and O–H groups in total. The maximum Gasteiger partial charge on any atom is 0.280 e. The van der Waals surface area contributed by atoms with Gasteiger partial charge in [0.15, 0.2) is 17.3 Å². The predicted octanol–water partition coefficient (Wildman–Crippen LogP) is 2.27. The minimum Gasteiger partial charge on any atom is -0.454 e. The van der Waals surface area contributed by atoms with Gasteiger partial charge >= 0.3 is 0 Å². The largest absolute Gasteiger partial charge is 0.454 e. The monoisotopic (exact) mass is 327 g/mol. The van der Waals surface area contributed by atoms with Crippen molar-refractivity contribution in [3.8, 4) is 11.5 Å². The van der Waals surface area contributed by atoms with Crippen molar-refractivity contribution in [3.63, 3.8) is 0 Å². The lowest BCUT2D eigenvalue weighted by molar-refractivity contribution is -0.385. The number of fused-ring (bicyclic) bond motifs is 2. The zero-order valence-electron chi connectivity index (χ0n) is 12.8. The van der Waals surface area contributed by atoms with Crippen LogP contribution < -0.4 is 9.47 Å². The number of nitro groups is 1. The first-order chi connectivity index (χ1) is 11.5. The van der Waals surface area contributed by atoms with Gasteiger partial charge in [0.1, 0.15) is 0 Å². The number of carbonyl (C=O) groups excluding carboxylic acids is 1. The predicted molar refractivity (Wildman–Crippen MR) is 83.1 cm³/mol. The summed E-state index contributed by atoms with van der Waals surface area (Å²) in [6.45, 7) is 0.0322. The molecule has 0 unspecified atom stereocenters. The van der Waals surface area contributed by atoms with Crippen LogP contribution in [0, 0.1) is 10.1 Å². The van der Waals surface area contributed by atoms with Gasteiger partial charge in [0, 0.05) is 18.3 Å². The summed E-state index contributed by atoms with van der Waals surface area (Å²) in [6.07, 6.45) is 4.29. The number of Topliss-reactive ketones (excluding diaryl/α,β-unsaturated/α-hetero) is 1. The molecule has 0 saturated heterocycles. The first kappa shape index (κ1) is 14.4. The minimum atomic E-state index is -0.489. The molecule has 0 bridgehead atoms. The lowest BCUT2D eigenvalue weighted by Gasteiger charge is -2.14. The molecule has 1 aromatic heterocycles. The summed E-state index contributed by atoms with van der Waals surface area (Å²) < 4.78 is 12.1. The van der Waals surface area contributed by atoms with Crippen LogP contribution in [0.3, 0.4) is 0 Å². The molecule has 4 rings (SSSR count). The van der Waals surface area contributed by atoms with Gasteiger partial charge in [-0.05, 0) is 25.0 Å². The van der Waals surface area contributed by atoms with Gasteiger partial charge in [0.05, 0.1) is 28.3 Å². The highest BCUT2D eigenvalue weighted by molar-refractivity contribution is 6.13. The lowest BCUT2D eigenvalue weighted by Crippen LogP contribution is -2.15. The maximum atomic E-state index is 12.6. The first-order valence-electron chi connectivity index (χ1n) is 7.39. The Morgan fingerprint density at radius 2 is 2.04 bits per heavy atom. The fourth-order valence-corrected chi connectivity index (χ4v) is 3.03. The quantitative estimate of drug-likeness (QED) is 0.477. The highest BCUT2D eigenvalue weighted by Crippen LogP contribution is 2.39. The summed E-state index contributed by atoms with van der Waals surface area (Å²) in [5.41, 5.74) is 2.18. The molecule has 8 nitrogen and oxygen atoms in total. The summed E-state index contributed by atoms with van der Waals surface area (Å²) in [7, 11) is 1.80. The summed E-state index contributed by atoms with van der Waals surface area (Å²) in [5, 5.41) is 15.4. The molecule has 0 radical (unpaired) electrons. The average molecular weight is 327 g/mol. The molecule has 1 aliphatic carbocycles. The van der Waals surface area contributed by atoms with Crippen LogP contribution >= 0.6 is 0 Å². The third-order valence-electron chi connectivity index (χ3n) is 4.28. The van der Waals surface area contributed by atoms with Crippen LogP contribution in [0.15, 0.2) is 23.9 Å². The smallest absolute Gasteiger partial charge is 0.280 e. The van der Waals surface area contributed by atoms with E-state index in [2.05, 4.69) is 5.10 Å². The van der Waals surface area contributed by atoms with Crippen molar-refractivity contribution in [1.82, 2.24) is 9.78 Å². The number of ether oxygens (including phenoxy) is 2. The third kappa shape index (κ3) is 2.15. The molecule has 2 aliphatic rings. The van der Waals surface area contributed by atoms with E-state index in [-0.39, 0.29) is 18.3 Å². The Morgan fingerprint density at radius 3 is 2.79 bits per heavy atom. The number of hydrogen-bond donors (Lipinski definition) is 0. The van der Waals surface area contributed by atoms with Crippen molar-refractivity contribution in [2.75, 3.05) is 6.79 Å². The molecule has 0 atom stereocenters. The van der Waals surface area contributed by atoms with Gasteiger partial charge in [-0.15, -0.1) is 0 Å². The molecule has 0 amide bonds. The second-order valence-electron chi connectivity index (χ2n) is 5.65. The van der Waals surface area contributed by atoms with E-state index in [0.717, 1.165) is 5.69 Å². The third-order valence-corrected chi connectivity index (χ3v) is 4.28. The second-order valence-corrected chi connectivity index (χ2v) is 5.65. The number of benzene rings is 1. The highest BCUT2D eigenvalue weighted by Gasteiger charge is 2.27. The van der Waals surface area contributed by atoms with E-state index in [4.69, 9.17) is 9.47 Å². The van der Waals surface area contributed by atoms with Crippen molar-refractivity contribution in [2.45, 2.75) is 12.8 Å². The van der Waals surface area contributed by atoms with Crippen molar-refractivity contribution in [2.24, 2.45) is 7.05 Å². The second kappa shape index (κ2) is 5.19. The van der Waals surface area contributed by atoms with E-state index in [1.54, 1.807) is 30.1 Å². The maximum absolute atomic E-state index is 12.6. The number of carbonyl (C=O) groups is 1. The number of ketones is 1. The molecule has 122 valence electrons. The lowest BCUT2D eigenvalue weighted by atomic mass is 9.90. The molecule has 24 heavy (non-hydrogen) atoms. The summed E-state index contributed by atoms with van der Waals surface area (Å²) in [6, 6.07) is 2.87. The zero-order valence-corrected chi connectivity index (χ0v) is 12.8. The van der Waals surface area contributed by atoms with E-state index in [9.17, 15) is 14.9 Å². The Hall–Kier alpha value is -3.16. The van der Waals surface area contributed by atoms with Crippen LogP contribution in [0.1, 0.15) is 28.0 Å². The highest BCUT2D eigenvalue weighted by atomic mass is 16.7. The summed E-state index contributed by atoms with van der Waals surface area (Å²) >= 11 is 0. The Labute approximate surface area is 136 Å². The number of hydrogen-bond acceptors (Lipinski definition) is 6. The molecule has 0 spiro atoms. The van der Waals surface area contributed by atoms with E-state index >= 15 is 0 Å². The number of nitro benzene ring substituents is 1. The normalized spacial score (nSPS) is 17.2. The number of nitrogens with zero attached hydrogens (tertiary/aromatic N) is 3. The van der Waals surface area contributed by atoms with Crippen molar-refractivity contribution < 1.29 is 19.2 Å². The molecule has 1 aliphatic heterocycles. The van der Waals surface area contributed by atoms with Crippen molar-refractivity contribution >= 4 is 17.5 Å². The Bertz CT molecular complexity index is 913. The van der Waals surface area contributed by atoms with Gasteiger partial charge in [0.25, 0.3) is 5.69 Å². The molecule has 0 fully saturated rings. The van der Waals surface area contributed by atoms with Crippen molar-refractivity contribution in [1.29, 1.82) is 0 Å². The average Bonchev–Trinajstić information content (AvgIpc) is 3.16. The Morgan fingerprint density at radius 1 is 1.29 bits per heavy atom. The fourth-order valence-electron chi connectivity index (χ4n) is 3.03.